The molecule has 2 heterocycles. The van der Waals surface area contributed by atoms with E-state index in [1.807, 2.05) is 30.3 Å². The molecule has 1 saturated heterocycles. The standard InChI is InChI=1S/C23H23FN2O2/c1-16-11-13-25(14-12-16)21-20(18-5-3-2-4-6-18)22(27)26(23(21)28)15-17-7-9-19(24)10-8-17/h2-10,16H,11-15H2,1H3. The Balaban J connectivity index is 1.70. The highest BCUT2D eigenvalue weighted by Crippen LogP contribution is 2.34. The van der Waals surface area contributed by atoms with E-state index in [1.54, 1.807) is 12.1 Å². The molecular formula is C23H23FN2O2. The van der Waals surface area contributed by atoms with E-state index in [9.17, 15) is 14.0 Å². The van der Waals surface area contributed by atoms with E-state index in [2.05, 4.69) is 11.8 Å². The third-order valence-corrected chi connectivity index (χ3v) is 5.56. The van der Waals surface area contributed by atoms with Crippen LogP contribution in [0.1, 0.15) is 30.9 Å². The number of amides is 2. The first-order valence-corrected chi connectivity index (χ1v) is 9.70. The van der Waals surface area contributed by atoms with E-state index in [1.165, 1.54) is 17.0 Å². The minimum Gasteiger partial charge on any atom is -0.366 e. The van der Waals surface area contributed by atoms with Crippen molar-refractivity contribution < 1.29 is 14.0 Å². The predicted molar refractivity (Wildman–Crippen MR) is 105 cm³/mol. The quantitative estimate of drug-likeness (QED) is 0.759. The van der Waals surface area contributed by atoms with Crippen LogP contribution in [-0.4, -0.2) is 34.7 Å². The van der Waals surface area contributed by atoms with Crippen molar-refractivity contribution in [1.29, 1.82) is 0 Å². The number of hydrogen-bond donors (Lipinski definition) is 0. The Morgan fingerprint density at radius 1 is 0.929 bits per heavy atom. The van der Waals surface area contributed by atoms with Gasteiger partial charge >= 0.3 is 0 Å². The van der Waals surface area contributed by atoms with Gasteiger partial charge in [-0.25, -0.2) is 4.39 Å². The smallest absolute Gasteiger partial charge is 0.278 e. The van der Waals surface area contributed by atoms with Gasteiger partial charge in [0.1, 0.15) is 11.5 Å². The summed E-state index contributed by atoms with van der Waals surface area (Å²) in [6.45, 7) is 3.90. The number of likely N-dealkylation sites (tertiary alicyclic amines) is 1. The number of nitrogens with zero attached hydrogens (tertiary/aromatic N) is 2. The summed E-state index contributed by atoms with van der Waals surface area (Å²) >= 11 is 0. The summed E-state index contributed by atoms with van der Waals surface area (Å²) in [5.41, 5.74) is 2.47. The first kappa shape index (κ1) is 18.4. The molecule has 5 heteroatoms. The number of imide groups is 1. The van der Waals surface area contributed by atoms with Crippen LogP contribution in [0.15, 0.2) is 60.3 Å². The van der Waals surface area contributed by atoms with Crippen molar-refractivity contribution in [3.05, 3.63) is 77.2 Å². The van der Waals surface area contributed by atoms with Crippen LogP contribution in [0.25, 0.3) is 5.57 Å². The lowest BCUT2D eigenvalue weighted by Crippen LogP contribution is -2.38. The maximum atomic E-state index is 13.3. The first-order valence-electron chi connectivity index (χ1n) is 9.70. The molecule has 0 aliphatic carbocycles. The van der Waals surface area contributed by atoms with E-state index in [4.69, 9.17) is 0 Å². The molecule has 0 aromatic heterocycles. The number of rotatable bonds is 4. The Bertz CT molecular complexity index is 913. The molecule has 144 valence electrons. The van der Waals surface area contributed by atoms with Crippen molar-refractivity contribution in [3.63, 3.8) is 0 Å². The highest BCUT2D eigenvalue weighted by Gasteiger charge is 2.41. The van der Waals surface area contributed by atoms with Gasteiger partial charge in [-0.1, -0.05) is 49.4 Å². The lowest BCUT2D eigenvalue weighted by Gasteiger charge is -2.32. The van der Waals surface area contributed by atoms with Gasteiger partial charge in [-0.2, -0.15) is 0 Å². The first-order chi connectivity index (χ1) is 13.5. The molecule has 2 aliphatic rings. The lowest BCUT2D eigenvalue weighted by molar-refractivity contribution is -0.138. The molecule has 0 unspecified atom stereocenters. The molecule has 0 radical (unpaired) electrons. The van der Waals surface area contributed by atoms with Crippen LogP contribution >= 0.6 is 0 Å². The zero-order chi connectivity index (χ0) is 19.7. The summed E-state index contributed by atoms with van der Waals surface area (Å²) in [7, 11) is 0. The molecule has 1 fully saturated rings. The Morgan fingerprint density at radius 3 is 2.21 bits per heavy atom. The minimum absolute atomic E-state index is 0.141. The van der Waals surface area contributed by atoms with Crippen LogP contribution in [0.5, 0.6) is 0 Å². The average Bonchev–Trinajstić information content (AvgIpc) is 2.95. The molecule has 4 nitrogen and oxygen atoms in total. The third-order valence-electron chi connectivity index (χ3n) is 5.56. The van der Waals surface area contributed by atoms with E-state index in [-0.39, 0.29) is 24.2 Å². The van der Waals surface area contributed by atoms with Crippen molar-refractivity contribution in [2.24, 2.45) is 5.92 Å². The molecule has 2 aliphatic heterocycles. The summed E-state index contributed by atoms with van der Waals surface area (Å²) < 4.78 is 13.2. The Hall–Kier alpha value is -2.95. The largest absolute Gasteiger partial charge is 0.366 e. The molecule has 2 amide bonds. The molecule has 4 rings (SSSR count). The highest BCUT2D eigenvalue weighted by atomic mass is 19.1. The molecule has 0 bridgehead atoms. The van der Waals surface area contributed by atoms with Gasteiger partial charge < -0.3 is 4.90 Å². The number of hydrogen-bond acceptors (Lipinski definition) is 3. The molecule has 2 aromatic rings. The van der Waals surface area contributed by atoms with Gasteiger partial charge in [0.15, 0.2) is 0 Å². The van der Waals surface area contributed by atoms with Crippen molar-refractivity contribution >= 4 is 17.4 Å². The molecule has 2 aromatic carbocycles. The van der Waals surface area contributed by atoms with Gasteiger partial charge in [0.25, 0.3) is 11.8 Å². The van der Waals surface area contributed by atoms with Gasteiger partial charge in [0.2, 0.25) is 0 Å². The molecule has 28 heavy (non-hydrogen) atoms. The number of halogens is 1. The summed E-state index contributed by atoms with van der Waals surface area (Å²) in [4.78, 5) is 29.9. The van der Waals surface area contributed by atoms with Gasteiger partial charge in [-0.15, -0.1) is 0 Å². The lowest BCUT2D eigenvalue weighted by atomic mass is 9.97. The number of carbonyl (C=O) groups excluding carboxylic acids is 2. The zero-order valence-electron chi connectivity index (χ0n) is 15.9. The van der Waals surface area contributed by atoms with Crippen molar-refractivity contribution in [1.82, 2.24) is 9.80 Å². The number of carbonyl (C=O) groups is 2. The van der Waals surface area contributed by atoms with Crippen LogP contribution in [0.2, 0.25) is 0 Å². The Labute approximate surface area is 164 Å². The molecule has 0 spiro atoms. The van der Waals surface area contributed by atoms with Gasteiger partial charge in [0, 0.05) is 13.1 Å². The second kappa shape index (κ2) is 7.58. The highest BCUT2D eigenvalue weighted by molar-refractivity contribution is 6.35. The van der Waals surface area contributed by atoms with Crippen LogP contribution < -0.4 is 0 Å². The molecule has 0 saturated carbocycles. The fraction of sp³-hybridized carbons (Fsp3) is 0.304. The maximum Gasteiger partial charge on any atom is 0.278 e. The second-order valence-corrected chi connectivity index (χ2v) is 7.58. The van der Waals surface area contributed by atoms with Crippen LogP contribution in [0.4, 0.5) is 4.39 Å². The van der Waals surface area contributed by atoms with Crippen molar-refractivity contribution in [3.8, 4) is 0 Å². The average molecular weight is 378 g/mol. The zero-order valence-corrected chi connectivity index (χ0v) is 15.9. The van der Waals surface area contributed by atoms with Crippen LogP contribution in [0.3, 0.4) is 0 Å². The van der Waals surface area contributed by atoms with Crippen molar-refractivity contribution in [2.75, 3.05) is 13.1 Å². The minimum atomic E-state index is -0.339. The van der Waals surface area contributed by atoms with Crippen LogP contribution in [0, 0.1) is 11.7 Å². The van der Waals surface area contributed by atoms with E-state index in [0.29, 0.717) is 17.2 Å². The topological polar surface area (TPSA) is 40.6 Å². The van der Waals surface area contributed by atoms with E-state index < -0.39 is 0 Å². The third kappa shape index (κ3) is 3.44. The summed E-state index contributed by atoms with van der Waals surface area (Å²) in [6.07, 6.45) is 2.01. The van der Waals surface area contributed by atoms with Gasteiger partial charge in [0.05, 0.1) is 12.1 Å². The molecule has 0 atom stereocenters. The maximum absolute atomic E-state index is 13.3. The molecule has 0 N–H and O–H groups in total. The Morgan fingerprint density at radius 2 is 1.57 bits per heavy atom. The normalized spacial score (nSPS) is 18.4. The molecular weight excluding hydrogens is 355 g/mol. The monoisotopic (exact) mass is 378 g/mol. The fourth-order valence-corrected chi connectivity index (χ4v) is 3.87. The number of piperidine rings is 1. The van der Waals surface area contributed by atoms with Gasteiger partial charge in [-0.05, 0) is 42.0 Å². The van der Waals surface area contributed by atoms with Crippen LogP contribution in [-0.2, 0) is 16.1 Å². The summed E-state index contributed by atoms with van der Waals surface area (Å²) in [5.74, 6) is -0.259. The summed E-state index contributed by atoms with van der Waals surface area (Å²) in [5, 5.41) is 0. The second-order valence-electron chi connectivity index (χ2n) is 7.58. The fourth-order valence-electron chi connectivity index (χ4n) is 3.87. The van der Waals surface area contributed by atoms with Crippen molar-refractivity contribution in [2.45, 2.75) is 26.3 Å². The van der Waals surface area contributed by atoms with Gasteiger partial charge in [-0.3, -0.25) is 14.5 Å². The predicted octanol–water partition coefficient (Wildman–Crippen LogP) is 3.84. The van der Waals surface area contributed by atoms with E-state index >= 15 is 0 Å². The Kier molecular flexibility index (Phi) is 4.99. The van der Waals surface area contributed by atoms with E-state index in [0.717, 1.165) is 37.1 Å². The number of benzene rings is 2. The summed E-state index contributed by atoms with van der Waals surface area (Å²) in [6, 6.07) is 15.3. The SMILES string of the molecule is CC1CCN(C2=C(c3ccccc3)C(=O)N(Cc3ccc(F)cc3)C2=O)CC1.